The lowest BCUT2D eigenvalue weighted by atomic mass is 10.1. The van der Waals surface area contributed by atoms with Gasteiger partial charge in [0.15, 0.2) is 6.29 Å². The molecule has 1 aromatic heterocycles. The van der Waals surface area contributed by atoms with Crippen LogP contribution in [0.3, 0.4) is 0 Å². The number of nitrogen functional groups attached to an aromatic ring is 1. The molecule has 2 aromatic rings. The van der Waals surface area contributed by atoms with Crippen molar-refractivity contribution >= 4 is 33.4 Å². The average molecular weight is 207 g/mol. The van der Waals surface area contributed by atoms with Gasteiger partial charge in [-0.15, -0.1) is 11.3 Å². The average Bonchev–Trinajstić information content (AvgIpc) is 2.58. The molecule has 0 amide bonds. The fraction of sp³-hybridized carbons (Fsp3) is 0.100. The molecule has 0 bridgehead atoms. The third-order valence-corrected chi connectivity index (χ3v) is 3.05. The molecule has 0 aliphatic rings. The van der Waals surface area contributed by atoms with Crippen molar-refractivity contribution in [2.45, 2.75) is 0 Å². The maximum atomic E-state index is 10.7. The zero-order valence-electron chi connectivity index (χ0n) is 7.61. The van der Waals surface area contributed by atoms with Crippen LogP contribution in [0.2, 0.25) is 0 Å². The largest absolute Gasteiger partial charge is 0.496 e. The van der Waals surface area contributed by atoms with Crippen molar-refractivity contribution < 1.29 is 9.53 Å². The second-order valence-corrected chi connectivity index (χ2v) is 3.81. The number of ether oxygens (including phenoxy) is 1. The molecule has 0 radical (unpaired) electrons. The first kappa shape index (κ1) is 9.02. The molecular formula is C10H9NO2S. The zero-order valence-corrected chi connectivity index (χ0v) is 8.43. The summed E-state index contributed by atoms with van der Waals surface area (Å²) in [7, 11) is 1.55. The van der Waals surface area contributed by atoms with Gasteiger partial charge in [-0.05, 0) is 12.1 Å². The summed E-state index contributed by atoms with van der Waals surface area (Å²) in [6.45, 7) is 0. The lowest BCUT2D eigenvalue weighted by molar-refractivity contribution is 0.112. The Balaban J connectivity index is 2.77. The molecule has 0 aliphatic heterocycles. The van der Waals surface area contributed by atoms with Gasteiger partial charge >= 0.3 is 0 Å². The molecule has 3 nitrogen and oxygen atoms in total. The summed E-state index contributed by atoms with van der Waals surface area (Å²) in [5, 5.41) is 2.77. The van der Waals surface area contributed by atoms with Gasteiger partial charge in [-0.3, -0.25) is 4.79 Å². The van der Waals surface area contributed by atoms with Crippen LogP contribution in [0.1, 0.15) is 10.4 Å². The quantitative estimate of drug-likeness (QED) is 0.769. The second kappa shape index (κ2) is 3.31. The van der Waals surface area contributed by atoms with Gasteiger partial charge in [-0.2, -0.15) is 0 Å². The van der Waals surface area contributed by atoms with Crippen molar-refractivity contribution in [3.05, 3.63) is 23.1 Å². The first-order valence-electron chi connectivity index (χ1n) is 4.06. The molecule has 4 heteroatoms. The van der Waals surface area contributed by atoms with Crippen LogP contribution in [0.5, 0.6) is 5.75 Å². The summed E-state index contributed by atoms with van der Waals surface area (Å²) in [5.41, 5.74) is 6.98. The minimum absolute atomic E-state index is 0.533. The maximum Gasteiger partial charge on any atom is 0.153 e. The minimum atomic E-state index is 0.533. The van der Waals surface area contributed by atoms with E-state index in [4.69, 9.17) is 10.5 Å². The summed E-state index contributed by atoms with van der Waals surface area (Å²) in [4.78, 5) is 10.7. The topological polar surface area (TPSA) is 52.3 Å². The highest BCUT2D eigenvalue weighted by Crippen LogP contribution is 2.33. The zero-order chi connectivity index (χ0) is 10.1. The van der Waals surface area contributed by atoms with Crippen LogP contribution >= 0.6 is 11.3 Å². The SMILES string of the molecule is COc1cc2scc(N)c2cc1C=O. The molecule has 0 aliphatic carbocycles. The molecule has 1 aromatic carbocycles. The first-order chi connectivity index (χ1) is 6.76. The summed E-state index contributed by atoms with van der Waals surface area (Å²) < 4.78 is 6.12. The summed E-state index contributed by atoms with van der Waals surface area (Å²) in [6, 6.07) is 3.59. The number of nitrogens with two attached hydrogens (primary N) is 1. The highest BCUT2D eigenvalue weighted by molar-refractivity contribution is 7.17. The van der Waals surface area contributed by atoms with Crippen molar-refractivity contribution in [2.24, 2.45) is 0 Å². The predicted octanol–water partition coefficient (Wildman–Crippen LogP) is 2.30. The van der Waals surface area contributed by atoms with Crippen molar-refractivity contribution in [2.75, 3.05) is 12.8 Å². The Hall–Kier alpha value is -1.55. The van der Waals surface area contributed by atoms with E-state index < -0.39 is 0 Å². The number of benzene rings is 1. The number of aldehydes is 1. The normalized spacial score (nSPS) is 10.4. The lowest BCUT2D eigenvalue weighted by Gasteiger charge is -2.03. The Labute approximate surface area is 85.1 Å². The third-order valence-electron chi connectivity index (χ3n) is 2.08. The van der Waals surface area contributed by atoms with Crippen molar-refractivity contribution in [1.82, 2.24) is 0 Å². The van der Waals surface area contributed by atoms with E-state index in [9.17, 15) is 4.79 Å². The van der Waals surface area contributed by atoms with Gasteiger partial charge in [-0.1, -0.05) is 0 Å². The van der Waals surface area contributed by atoms with Crippen LogP contribution in [0, 0.1) is 0 Å². The van der Waals surface area contributed by atoms with Crippen molar-refractivity contribution in [3.8, 4) is 5.75 Å². The highest BCUT2D eigenvalue weighted by Gasteiger charge is 2.07. The fourth-order valence-corrected chi connectivity index (χ4v) is 2.22. The number of hydrogen-bond donors (Lipinski definition) is 1. The molecule has 2 N–H and O–H groups in total. The number of hydrogen-bond acceptors (Lipinski definition) is 4. The van der Waals surface area contributed by atoms with E-state index in [1.165, 1.54) is 0 Å². The van der Waals surface area contributed by atoms with Gasteiger partial charge in [0.25, 0.3) is 0 Å². The van der Waals surface area contributed by atoms with Crippen molar-refractivity contribution in [3.63, 3.8) is 0 Å². The lowest BCUT2D eigenvalue weighted by Crippen LogP contribution is -1.90. The number of carbonyl (C=O) groups is 1. The molecule has 14 heavy (non-hydrogen) atoms. The summed E-state index contributed by atoms with van der Waals surface area (Å²) >= 11 is 1.54. The van der Waals surface area contributed by atoms with Gasteiger partial charge in [-0.25, -0.2) is 0 Å². The molecule has 0 saturated heterocycles. The molecule has 0 fully saturated rings. The Morgan fingerprint density at radius 1 is 1.50 bits per heavy atom. The Morgan fingerprint density at radius 3 is 2.93 bits per heavy atom. The summed E-state index contributed by atoms with van der Waals surface area (Å²) in [6.07, 6.45) is 0.773. The van der Waals surface area contributed by atoms with Crippen LogP contribution < -0.4 is 10.5 Å². The first-order valence-corrected chi connectivity index (χ1v) is 4.94. The van der Waals surface area contributed by atoms with E-state index in [2.05, 4.69) is 0 Å². The van der Waals surface area contributed by atoms with Gasteiger partial charge in [0.2, 0.25) is 0 Å². The van der Waals surface area contributed by atoms with Gasteiger partial charge < -0.3 is 10.5 Å². The number of fused-ring (bicyclic) bond motifs is 1. The van der Waals surface area contributed by atoms with Gasteiger partial charge in [0.1, 0.15) is 5.75 Å². The minimum Gasteiger partial charge on any atom is -0.496 e. The second-order valence-electron chi connectivity index (χ2n) is 2.90. The standard InChI is InChI=1S/C10H9NO2S/c1-13-9-3-10-7(2-6(9)4-12)8(11)5-14-10/h2-5H,11H2,1H3. The Morgan fingerprint density at radius 2 is 2.29 bits per heavy atom. The fourth-order valence-electron chi connectivity index (χ4n) is 1.36. The number of anilines is 1. The molecule has 2 rings (SSSR count). The molecular weight excluding hydrogens is 198 g/mol. The van der Waals surface area contributed by atoms with Crippen LogP contribution in [0.4, 0.5) is 5.69 Å². The van der Waals surface area contributed by atoms with E-state index in [-0.39, 0.29) is 0 Å². The molecule has 0 saturated carbocycles. The molecule has 0 unspecified atom stereocenters. The monoisotopic (exact) mass is 207 g/mol. The number of carbonyl (C=O) groups excluding carboxylic acids is 1. The van der Waals surface area contributed by atoms with Gasteiger partial charge in [0.05, 0.1) is 18.4 Å². The number of rotatable bonds is 2. The van der Waals surface area contributed by atoms with E-state index in [1.807, 2.05) is 11.4 Å². The van der Waals surface area contributed by atoms with Gasteiger partial charge in [0, 0.05) is 15.5 Å². The van der Waals surface area contributed by atoms with E-state index >= 15 is 0 Å². The van der Waals surface area contributed by atoms with E-state index in [1.54, 1.807) is 24.5 Å². The molecule has 0 spiro atoms. The van der Waals surface area contributed by atoms with E-state index in [0.29, 0.717) is 17.0 Å². The molecule has 1 heterocycles. The maximum absolute atomic E-state index is 10.7. The van der Waals surface area contributed by atoms with E-state index in [0.717, 1.165) is 16.4 Å². The molecule has 0 atom stereocenters. The number of thiophene rings is 1. The third kappa shape index (κ3) is 1.24. The Bertz CT molecular complexity index is 490. The smallest absolute Gasteiger partial charge is 0.153 e. The molecule has 72 valence electrons. The van der Waals surface area contributed by atoms with Crippen LogP contribution in [0.25, 0.3) is 10.1 Å². The highest BCUT2D eigenvalue weighted by atomic mass is 32.1. The van der Waals surface area contributed by atoms with Crippen molar-refractivity contribution in [1.29, 1.82) is 0 Å². The predicted molar refractivity (Wildman–Crippen MR) is 58.2 cm³/mol. The van der Waals surface area contributed by atoms with Crippen LogP contribution in [-0.2, 0) is 0 Å². The number of methoxy groups -OCH3 is 1. The van der Waals surface area contributed by atoms with Crippen LogP contribution in [0.15, 0.2) is 17.5 Å². The summed E-state index contributed by atoms with van der Waals surface area (Å²) in [5.74, 6) is 0.592. The van der Waals surface area contributed by atoms with Crippen LogP contribution in [-0.4, -0.2) is 13.4 Å². The Kier molecular flexibility index (Phi) is 2.13.